The van der Waals surface area contributed by atoms with Crippen molar-refractivity contribution in [2.75, 3.05) is 6.61 Å². The van der Waals surface area contributed by atoms with Gasteiger partial charge in [-0.3, -0.25) is 0 Å². The highest BCUT2D eigenvalue weighted by atomic mass is 19.2. The average Bonchev–Trinajstić information content (AvgIpc) is 2.67. The van der Waals surface area contributed by atoms with E-state index in [4.69, 9.17) is 9.84 Å². The minimum Gasteiger partial charge on any atom is -0.480 e. The predicted octanol–water partition coefficient (Wildman–Crippen LogP) is 1.44. The van der Waals surface area contributed by atoms with Crippen molar-refractivity contribution in [1.29, 1.82) is 0 Å². The van der Waals surface area contributed by atoms with Gasteiger partial charge in [0.15, 0.2) is 11.6 Å². The highest BCUT2D eigenvalue weighted by Gasteiger charge is 2.11. The number of nitrogens with zero attached hydrogens (tertiary/aromatic N) is 1. The number of rotatable bonds is 4. The SMILES string of the molecule is O=C(O)COCc1nc2c(F)c(F)ccc2[nH]1. The number of benzene rings is 1. The van der Waals surface area contributed by atoms with E-state index in [1.165, 1.54) is 6.07 Å². The summed E-state index contributed by atoms with van der Waals surface area (Å²) in [5, 5.41) is 8.35. The van der Waals surface area contributed by atoms with Crippen LogP contribution in [0.1, 0.15) is 5.82 Å². The van der Waals surface area contributed by atoms with Gasteiger partial charge in [-0.1, -0.05) is 0 Å². The van der Waals surface area contributed by atoms with Crippen molar-refractivity contribution in [3.05, 3.63) is 29.6 Å². The maximum atomic E-state index is 13.3. The molecule has 2 aromatic rings. The number of carbonyl (C=O) groups is 1. The second kappa shape index (κ2) is 4.46. The van der Waals surface area contributed by atoms with Crippen molar-refractivity contribution in [2.24, 2.45) is 0 Å². The molecule has 0 unspecified atom stereocenters. The topological polar surface area (TPSA) is 75.2 Å². The van der Waals surface area contributed by atoms with Crippen LogP contribution < -0.4 is 0 Å². The molecule has 0 aliphatic heterocycles. The average molecular weight is 242 g/mol. The Morgan fingerprint density at radius 3 is 2.94 bits per heavy atom. The summed E-state index contributed by atoms with van der Waals surface area (Å²) in [6.07, 6.45) is 0. The van der Waals surface area contributed by atoms with Crippen molar-refractivity contribution in [2.45, 2.75) is 6.61 Å². The number of aromatic nitrogens is 2. The lowest BCUT2D eigenvalue weighted by Crippen LogP contribution is -2.07. The zero-order chi connectivity index (χ0) is 12.4. The monoisotopic (exact) mass is 242 g/mol. The van der Waals surface area contributed by atoms with E-state index in [9.17, 15) is 13.6 Å². The molecule has 0 aliphatic rings. The Bertz CT molecular complexity index is 568. The van der Waals surface area contributed by atoms with Crippen molar-refractivity contribution >= 4 is 17.0 Å². The number of H-pyrrole nitrogens is 1. The van der Waals surface area contributed by atoms with Gasteiger partial charge in [0.1, 0.15) is 24.6 Å². The van der Waals surface area contributed by atoms with Gasteiger partial charge < -0.3 is 14.8 Å². The van der Waals surface area contributed by atoms with Crippen LogP contribution in [0.15, 0.2) is 12.1 Å². The molecule has 0 saturated carbocycles. The maximum absolute atomic E-state index is 13.3. The van der Waals surface area contributed by atoms with Crippen molar-refractivity contribution in [3.63, 3.8) is 0 Å². The highest BCUT2D eigenvalue weighted by molar-refractivity contribution is 5.75. The van der Waals surface area contributed by atoms with E-state index in [2.05, 4.69) is 9.97 Å². The molecule has 2 rings (SSSR count). The Hall–Kier alpha value is -2.02. The Labute approximate surface area is 94.0 Å². The summed E-state index contributed by atoms with van der Waals surface area (Å²) in [4.78, 5) is 16.7. The third kappa shape index (κ3) is 2.39. The first-order valence-corrected chi connectivity index (χ1v) is 4.70. The quantitative estimate of drug-likeness (QED) is 0.850. The zero-order valence-corrected chi connectivity index (χ0v) is 8.54. The fraction of sp³-hybridized carbons (Fsp3) is 0.200. The molecule has 0 bridgehead atoms. The van der Waals surface area contributed by atoms with Crippen molar-refractivity contribution in [1.82, 2.24) is 9.97 Å². The molecule has 17 heavy (non-hydrogen) atoms. The van der Waals surface area contributed by atoms with E-state index in [0.29, 0.717) is 5.52 Å². The number of nitrogens with one attached hydrogen (secondary N) is 1. The molecule has 1 aromatic carbocycles. The Kier molecular flexibility index (Phi) is 3.01. The lowest BCUT2D eigenvalue weighted by molar-refractivity contribution is -0.142. The Morgan fingerprint density at radius 2 is 2.24 bits per heavy atom. The molecule has 90 valence electrons. The van der Waals surface area contributed by atoms with Gasteiger partial charge in [0.05, 0.1) is 5.52 Å². The Balaban J connectivity index is 2.20. The first kappa shape index (κ1) is 11.5. The van der Waals surface area contributed by atoms with Crippen LogP contribution in [-0.4, -0.2) is 27.7 Å². The van der Waals surface area contributed by atoms with E-state index in [-0.39, 0.29) is 17.9 Å². The van der Waals surface area contributed by atoms with Gasteiger partial charge in [-0.2, -0.15) is 0 Å². The first-order valence-electron chi connectivity index (χ1n) is 4.70. The Morgan fingerprint density at radius 1 is 1.47 bits per heavy atom. The second-order valence-corrected chi connectivity index (χ2v) is 3.33. The fourth-order valence-electron chi connectivity index (χ4n) is 1.37. The summed E-state index contributed by atoms with van der Waals surface area (Å²) in [5.74, 6) is -2.89. The van der Waals surface area contributed by atoms with Crippen LogP contribution in [0.2, 0.25) is 0 Å². The molecule has 0 saturated heterocycles. The molecule has 2 N–H and O–H groups in total. The molecule has 7 heteroatoms. The normalized spacial score (nSPS) is 10.9. The minimum absolute atomic E-state index is 0.109. The van der Waals surface area contributed by atoms with Crippen LogP contribution >= 0.6 is 0 Å². The highest BCUT2D eigenvalue weighted by Crippen LogP contribution is 2.18. The number of carboxylic acid groups (broad SMARTS) is 1. The maximum Gasteiger partial charge on any atom is 0.329 e. The molecule has 0 aliphatic carbocycles. The first-order chi connectivity index (χ1) is 8.08. The fourth-order valence-corrected chi connectivity index (χ4v) is 1.37. The molecule has 1 aromatic heterocycles. The van der Waals surface area contributed by atoms with E-state index >= 15 is 0 Å². The van der Waals surface area contributed by atoms with Gasteiger partial charge in [-0.25, -0.2) is 18.6 Å². The molecule has 0 amide bonds. The van der Waals surface area contributed by atoms with Gasteiger partial charge in [0, 0.05) is 0 Å². The number of aromatic amines is 1. The van der Waals surface area contributed by atoms with E-state index in [1.807, 2.05) is 0 Å². The lowest BCUT2D eigenvalue weighted by Gasteiger charge is -1.96. The van der Waals surface area contributed by atoms with Crippen LogP contribution in [0.4, 0.5) is 8.78 Å². The summed E-state index contributed by atoms with van der Waals surface area (Å²) in [6, 6.07) is 2.33. The molecular weight excluding hydrogens is 234 g/mol. The molecule has 5 nitrogen and oxygen atoms in total. The number of ether oxygens (including phenoxy) is 1. The number of hydrogen-bond acceptors (Lipinski definition) is 3. The third-order valence-electron chi connectivity index (χ3n) is 2.06. The number of carboxylic acids is 1. The predicted molar refractivity (Wildman–Crippen MR) is 53.3 cm³/mol. The summed E-state index contributed by atoms with van der Waals surface area (Å²) < 4.78 is 30.9. The van der Waals surface area contributed by atoms with Crippen LogP contribution in [-0.2, 0) is 16.1 Å². The van der Waals surface area contributed by atoms with E-state index in [0.717, 1.165) is 6.07 Å². The van der Waals surface area contributed by atoms with Gasteiger partial charge in [-0.15, -0.1) is 0 Å². The number of fused-ring (bicyclic) bond motifs is 1. The van der Waals surface area contributed by atoms with Crippen molar-refractivity contribution < 1.29 is 23.4 Å². The number of aliphatic carboxylic acids is 1. The smallest absolute Gasteiger partial charge is 0.329 e. The second-order valence-electron chi connectivity index (χ2n) is 3.33. The molecule has 1 heterocycles. The van der Waals surface area contributed by atoms with Crippen molar-refractivity contribution in [3.8, 4) is 0 Å². The van der Waals surface area contributed by atoms with Gasteiger partial charge in [0.25, 0.3) is 0 Å². The lowest BCUT2D eigenvalue weighted by atomic mass is 10.3. The number of halogens is 2. The van der Waals surface area contributed by atoms with Crippen LogP contribution in [0.5, 0.6) is 0 Å². The van der Waals surface area contributed by atoms with Gasteiger partial charge in [0.2, 0.25) is 0 Å². The van der Waals surface area contributed by atoms with Gasteiger partial charge >= 0.3 is 5.97 Å². The molecular formula is C10H8F2N2O3. The molecule has 0 atom stereocenters. The van der Waals surface area contributed by atoms with Crippen LogP contribution in [0.3, 0.4) is 0 Å². The van der Waals surface area contributed by atoms with Crippen LogP contribution in [0.25, 0.3) is 11.0 Å². The third-order valence-corrected chi connectivity index (χ3v) is 2.06. The van der Waals surface area contributed by atoms with E-state index in [1.54, 1.807) is 0 Å². The molecule has 0 fully saturated rings. The van der Waals surface area contributed by atoms with E-state index < -0.39 is 24.2 Å². The summed E-state index contributed by atoms with van der Waals surface area (Å²) in [6.45, 7) is -0.587. The number of hydrogen-bond donors (Lipinski definition) is 2. The summed E-state index contributed by atoms with van der Waals surface area (Å²) in [5.41, 5.74) is 0.205. The largest absolute Gasteiger partial charge is 0.480 e. The summed E-state index contributed by atoms with van der Waals surface area (Å²) >= 11 is 0. The van der Waals surface area contributed by atoms with Crippen LogP contribution in [0, 0.1) is 11.6 Å². The van der Waals surface area contributed by atoms with Gasteiger partial charge in [-0.05, 0) is 12.1 Å². The summed E-state index contributed by atoms with van der Waals surface area (Å²) in [7, 11) is 0. The molecule has 0 spiro atoms. The molecule has 0 radical (unpaired) electrons. The zero-order valence-electron chi connectivity index (χ0n) is 8.54. The number of imidazole rings is 1. The standard InChI is InChI=1S/C10H8F2N2O3/c11-5-1-2-6-10(9(5)12)14-7(13-6)3-17-4-8(15)16/h1-2H,3-4H2,(H,13,14)(H,15,16). The minimum atomic E-state index is -1.11.